The zero-order chi connectivity index (χ0) is 13.9. The first kappa shape index (κ1) is 13.5. The van der Waals surface area contributed by atoms with E-state index in [4.69, 9.17) is 4.74 Å². The van der Waals surface area contributed by atoms with Crippen LogP contribution in [0.5, 0.6) is 5.75 Å². The van der Waals surface area contributed by atoms with Crippen LogP contribution in [-0.4, -0.2) is 10.7 Å². The van der Waals surface area contributed by atoms with E-state index < -0.39 is 0 Å². The predicted molar refractivity (Wildman–Crippen MR) is 84.3 cm³/mol. The van der Waals surface area contributed by atoms with Crippen molar-refractivity contribution in [3.8, 4) is 5.75 Å². The number of fused-ring (bicyclic) bond motifs is 1. The second-order valence-corrected chi connectivity index (χ2v) is 6.36. The van der Waals surface area contributed by atoms with E-state index >= 15 is 0 Å². The molecule has 0 N–H and O–H groups in total. The van der Waals surface area contributed by atoms with Gasteiger partial charge in [0.15, 0.2) is 0 Å². The zero-order valence-corrected chi connectivity index (χ0v) is 12.6. The summed E-state index contributed by atoms with van der Waals surface area (Å²) in [5, 5.41) is 1.29. The molecular formula is C18H25NO. The van der Waals surface area contributed by atoms with Gasteiger partial charge in [-0.15, -0.1) is 0 Å². The fourth-order valence-electron chi connectivity index (χ4n) is 3.33. The Hall–Kier alpha value is -1.44. The smallest absolute Gasteiger partial charge is 0.120 e. The van der Waals surface area contributed by atoms with Crippen molar-refractivity contribution < 1.29 is 4.74 Å². The van der Waals surface area contributed by atoms with Crippen LogP contribution in [0, 0.1) is 5.92 Å². The molecule has 0 unspecified atom stereocenters. The lowest BCUT2D eigenvalue weighted by atomic mass is 9.89. The van der Waals surface area contributed by atoms with E-state index in [1.165, 1.54) is 49.6 Å². The Balaban J connectivity index is 1.78. The summed E-state index contributed by atoms with van der Waals surface area (Å²) in [5.74, 6) is 1.84. The lowest BCUT2D eigenvalue weighted by molar-refractivity contribution is 0.243. The van der Waals surface area contributed by atoms with Crippen LogP contribution in [0.15, 0.2) is 30.5 Å². The topological polar surface area (TPSA) is 14.2 Å². The summed E-state index contributed by atoms with van der Waals surface area (Å²) in [4.78, 5) is 0. The maximum atomic E-state index is 5.77. The molecule has 3 rings (SSSR count). The number of rotatable bonds is 4. The molecule has 1 fully saturated rings. The molecule has 2 heteroatoms. The Kier molecular flexibility index (Phi) is 4.00. The molecule has 1 saturated carbocycles. The molecule has 108 valence electrons. The first-order valence-corrected chi connectivity index (χ1v) is 7.98. The van der Waals surface area contributed by atoms with Gasteiger partial charge in [0, 0.05) is 23.6 Å². The molecule has 0 amide bonds. The van der Waals surface area contributed by atoms with Crippen LogP contribution < -0.4 is 4.74 Å². The van der Waals surface area contributed by atoms with E-state index in [1.54, 1.807) is 0 Å². The number of hydrogen-bond acceptors (Lipinski definition) is 1. The Morgan fingerprint density at radius 2 is 1.95 bits per heavy atom. The number of hydrogen-bond donors (Lipinski definition) is 0. The highest BCUT2D eigenvalue weighted by molar-refractivity contribution is 5.81. The number of aromatic nitrogens is 1. The molecule has 0 atom stereocenters. The van der Waals surface area contributed by atoms with Crippen LogP contribution >= 0.6 is 0 Å². The minimum Gasteiger partial charge on any atom is -0.491 e. The van der Waals surface area contributed by atoms with Gasteiger partial charge in [0.2, 0.25) is 0 Å². The van der Waals surface area contributed by atoms with Gasteiger partial charge < -0.3 is 9.30 Å². The van der Waals surface area contributed by atoms with Crippen LogP contribution in [0.2, 0.25) is 0 Å². The second kappa shape index (κ2) is 5.90. The molecule has 1 aromatic carbocycles. The van der Waals surface area contributed by atoms with Crippen LogP contribution in [0.25, 0.3) is 10.9 Å². The molecule has 2 nitrogen and oxygen atoms in total. The fraction of sp³-hybridized carbons (Fsp3) is 0.556. The number of benzene rings is 1. The summed E-state index contributed by atoms with van der Waals surface area (Å²) in [7, 11) is 0. The van der Waals surface area contributed by atoms with Crippen LogP contribution in [0.4, 0.5) is 0 Å². The van der Waals surface area contributed by atoms with Gasteiger partial charge in [0.25, 0.3) is 0 Å². The van der Waals surface area contributed by atoms with E-state index in [-0.39, 0.29) is 6.10 Å². The molecule has 1 heterocycles. The van der Waals surface area contributed by atoms with Crippen LogP contribution in [0.1, 0.15) is 46.0 Å². The molecular weight excluding hydrogens is 246 g/mol. The molecule has 20 heavy (non-hydrogen) atoms. The van der Waals surface area contributed by atoms with Crippen molar-refractivity contribution in [2.75, 3.05) is 0 Å². The monoisotopic (exact) mass is 271 g/mol. The van der Waals surface area contributed by atoms with Gasteiger partial charge in [-0.2, -0.15) is 0 Å². The van der Waals surface area contributed by atoms with Gasteiger partial charge in [0.05, 0.1) is 6.10 Å². The summed E-state index contributed by atoms with van der Waals surface area (Å²) in [6, 6.07) is 8.67. The average Bonchev–Trinajstić information content (AvgIpc) is 2.82. The van der Waals surface area contributed by atoms with Crippen molar-refractivity contribution >= 4 is 10.9 Å². The highest BCUT2D eigenvalue weighted by Gasteiger charge is 2.14. The van der Waals surface area contributed by atoms with Crippen molar-refractivity contribution in [2.45, 2.75) is 58.6 Å². The molecule has 0 aliphatic heterocycles. The summed E-state index contributed by atoms with van der Waals surface area (Å²) in [6.07, 6.45) is 9.52. The maximum absolute atomic E-state index is 5.77. The minimum absolute atomic E-state index is 0.233. The molecule has 0 spiro atoms. The molecule has 0 radical (unpaired) electrons. The second-order valence-electron chi connectivity index (χ2n) is 6.36. The van der Waals surface area contributed by atoms with E-state index in [2.05, 4.69) is 48.9 Å². The average molecular weight is 271 g/mol. The zero-order valence-electron chi connectivity index (χ0n) is 12.6. The fourth-order valence-corrected chi connectivity index (χ4v) is 3.33. The molecule has 1 aliphatic carbocycles. The van der Waals surface area contributed by atoms with Gasteiger partial charge >= 0.3 is 0 Å². The third-order valence-corrected chi connectivity index (χ3v) is 4.29. The summed E-state index contributed by atoms with van der Waals surface area (Å²) in [6.45, 7) is 5.31. The first-order valence-electron chi connectivity index (χ1n) is 7.98. The molecule has 1 aromatic heterocycles. The minimum atomic E-state index is 0.233. The Labute approximate surface area is 121 Å². The molecule has 0 saturated heterocycles. The highest BCUT2D eigenvalue weighted by atomic mass is 16.5. The van der Waals surface area contributed by atoms with Gasteiger partial charge in [-0.25, -0.2) is 0 Å². The SMILES string of the molecule is CC(C)Oc1ccc2c(ccn2CC2CCCCC2)c1. The third kappa shape index (κ3) is 3.00. The Morgan fingerprint density at radius 3 is 2.70 bits per heavy atom. The number of nitrogens with zero attached hydrogens (tertiary/aromatic N) is 1. The van der Waals surface area contributed by atoms with E-state index in [9.17, 15) is 0 Å². The van der Waals surface area contributed by atoms with E-state index in [0.29, 0.717) is 0 Å². The van der Waals surface area contributed by atoms with E-state index in [1.807, 2.05) is 0 Å². The van der Waals surface area contributed by atoms with Crippen LogP contribution in [0.3, 0.4) is 0 Å². The van der Waals surface area contributed by atoms with Gasteiger partial charge in [-0.05, 0) is 56.9 Å². The van der Waals surface area contributed by atoms with Gasteiger partial charge in [-0.1, -0.05) is 19.3 Å². The Bertz CT molecular complexity index is 564. The number of ether oxygens (including phenoxy) is 1. The largest absolute Gasteiger partial charge is 0.491 e. The quantitative estimate of drug-likeness (QED) is 0.762. The van der Waals surface area contributed by atoms with Crippen molar-refractivity contribution in [3.63, 3.8) is 0 Å². The molecule has 0 bridgehead atoms. The Morgan fingerprint density at radius 1 is 1.15 bits per heavy atom. The third-order valence-electron chi connectivity index (χ3n) is 4.29. The van der Waals surface area contributed by atoms with Gasteiger partial charge in [0.1, 0.15) is 5.75 Å². The summed E-state index contributed by atoms with van der Waals surface area (Å²) < 4.78 is 8.19. The van der Waals surface area contributed by atoms with Crippen molar-refractivity contribution in [3.05, 3.63) is 30.5 Å². The van der Waals surface area contributed by atoms with Crippen molar-refractivity contribution in [2.24, 2.45) is 5.92 Å². The van der Waals surface area contributed by atoms with Crippen LogP contribution in [-0.2, 0) is 6.54 Å². The lowest BCUT2D eigenvalue weighted by Gasteiger charge is -2.22. The normalized spacial score (nSPS) is 16.9. The van der Waals surface area contributed by atoms with Gasteiger partial charge in [-0.3, -0.25) is 0 Å². The summed E-state index contributed by atoms with van der Waals surface area (Å²) in [5.41, 5.74) is 1.34. The standard InChI is InChI=1S/C18H25NO/c1-14(2)20-17-8-9-18-16(12-17)10-11-19(18)13-15-6-4-3-5-7-15/h8-12,14-15H,3-7,13H2,1-2H3. The molecule has 2 aromatic rings. The van der Waals surface area contributed by atoms with Crippen molar-refractivity contribution in [1.82, 2.24) is 4.57 Å². The maximum Gasteiger partial charge on any atom is 0.120 e. The first-order chi connectivity index (χ1) is 9.72. The molecule has 1 aliphatic rings. The van der Waals surface area contributed by atoms with E-state index in [0.717, 1.165) is 11.7 Å². The predicted octanol–water partition coefficient (Wildman–Crippen LogP) is 5.01. The summed E-state index contributed by atoms with van der Waals surface area (Å²) >= 11 is 0. The lowest BCUT2D eigenvalue weighted by Crippen LogP contribution is -2.13. The highest BCUT2D eigenvalue weighted by Crippen LogP contribution is 2.28. The van der Waals surface area contributed by atoms with Crippen molar-refractivity contribution in [1.29, 1.82) is 0 Å².